The first-order valence-corrected chi connectivity index (χ1v) is 7.83. The van der Waals surface area contributed by atoms with Gasteiger partial charge in [0.25, 0.3) is 0 Å². The molecule has 0 amide bonds. The van der Waals surface area contributed by atoms with Crippen molar-refractivity contribution < 1.29 is 4.79 Å². The van der Waals surface area contributed by atoms with Crippen molar-refractivity contribution in [2.75, 3.05) is 0 Å². The van der Waals surface area contributed by atoms with E-state index in [0.29, 0.717) is 11.8 Å². The van der Waals surface area contributed by atoms with Crippen molar-refractivity contribution in [2.24, 2.45) is 5.92 Å². The minimum absolute atomic E-state index is 0.119. The van der Waals surface area contributed by atoms with Gasteiger partial charge in [-0.05, 0) is 41.5 Å². The number of hydrogen-bond donors (Lipinski definition) is 0. The van der Waals surface area contributed by atoms with Crippen LogP contribution in [0.15, 0.2) is 48.5 Å². The Kier molecular flexibility index (Phi) is 3.86. The summed E-state index contributed by atoms with van der Waals surface area (Å²) in [4.78, 5) is 12.5. The van der Waals surface area contributed by atoms with Crippen LogP contribution in [0.3, 0.4) is 0 Å². The van der Waals surface area contributed by atoms with Crippen LogP contribution in [0.2, 0.25) is 5.02 Å². The number of Topliss-reactive ketones (excluding diaryl/α,β-unsaturated/α-hetero) is 1. The minimum atomic E-state index is 0.119. The van der Waals surface area contributed by atoms with E-state index in [4.69, 9.17) is 11.6 Å². The summed E-state index contributed by atoms with van der Waals surface area (Å²) in [6.07, 6.45) is 0.936. The largest absolute Gasteiger partial charge is 0.294 e. The summed E-state index contributed by atoms with van der Waals surface area (Å²) in [5, 5.41) is 0.742. The Labute approximate surface area is 131 Å². The van der Waals surface area contributed by atoms with Gasteiger partial charge in [0.1, 0.15) is 0 Å². The summed E-state index contributed by atoms with van der Waals surface area (Å²) in [5.41, 5.74) is 3.28. The minimum Gasteiger partial charge on any atom is -0.294 e. The van der Waals surface area contributed by atoms with Crippen LogP contribution in [0.25, 0.3) is 0 Å². The lowest BCUT2D eigenvalue weighted by Crippen LogP contribution is -2.03. The lowest BCUT2D eigenvalue weighted by Gasteiger charge is -2.06. The van der Waals surface area contributed by atoms with Crippen molar-refractivity contribution >= 4 is 17.4 Å². The average Bonchev–Trinajstić information content (AvgIpc) is 3.27. The molecule has 108 valence electrons. The second kappa shape index (κ2) is 5.65. The van der Waals surface area contributed by atoms with Gasteiger partial charge >= 0.3 is 0 Å². The van der Waals surface area contributed by atoms with E-state index in [1.807, 2.05) is 30.3 Å². The molecule has 1 aliphatic rings. The van der Waals surface area contributed by atoms with Gasteiger partial charge in [-0.3, -0.25) is 4.79 Å². The molecular formula is C19H19ClO. The number of halogens is 1. The smallest absolute Gasteiger partial charge is 0.166 e. The molecule has 2 aromatic carbocycles. The molecule has 1 fully saturated rings. The summed E-state index contributed by atoms with van der Waals surface area (Å²) in [6.45, 7) is 4.32. The van der Waals surface area contributed by atoms with Gasteiger partial charge in [-0.2, -0.15) is 0 Å². The Morgan fingerprint density at radius 1 is 1.14 bits per heavy atom. The number of carbonyl (C=O) groups is 1. The molecule has 21 heavy (non-hydrogen) atoms. The fourth-order valence-electron chi connectivity index (χ4n) is 2.84. The van der Waals surface area contributed by atoms with Gasteiger partial charge in [0.15, 0.2) is 5.78 Å². The highest BCUT2D eigenvalue weighted by molar-refractivity contribution is 6.30. The van der Waals surface area contributed by atoms with Gasteiger partial charge in [0.05, 0.1) is 0 Å². The Morgan fingerprint density at radius 3 is 2.48 bits per heavy atom. The molecule has 0 N–H and O–H groups in total. The van der Waals surface area contributed by atoms with Crippen molar-refractivity contribution in [3.63, 3.8) is 0 Å². The standard InChI is InChI=1S/C19H19ClO/c1-12(2)13-6-8-14(9-7-13)19(21)18-11-17(18)15-4-3-5-16(20)10-15/h3-10,12,17-18H,11H2,1-2H3. The van der Waals surface area contributed by atoms with Crippen LogP contribution < -0.4 is 0 Å². The molecule has 1 aliphatic carbocycles. The second-order valence-corrected chi connectivity index (χ2v) is 6.58. The van der Waals surface area contributed by atoms with Crippen LogP contribution in [0.4, 0.5) is 0 Å². The predicted molar refractivity (Wildman–Crippen MR) is 87.2 cm³/mol. The molecule has 0 radical (unpaired) electrons. The lowest BCUT2D eigenvalue weighted by atomic mass is 9.98. The van der Waals surface area contributed by atoms with Gasteiger partial charge in [-0.15, -0.1) is 0 Å². The Balaban J connectivity index is 1.73. The van der Waals surface area contributed by atoms with Crippen molar-refractivity contribution in [2.45, 2.75) is 32.1 Å². The fraction of sp³-hybridized carbons (Fsp3) is 0.316. The van der Waals surface area contributed by atoms with Crippen LogP contribution in [0.1, 0.15) is 53.6 Å². The quantitative estimate of drug-likeness (QED) is 0.686. The van der Waals surface area contributed by atoms with E-state index in [-0.39, 0.29) is 11.7 Å². The molecular weight excluding hydrogens is 280 g/mol. The SMILES string of the molecule is CC(C)c1ccc(C(=O)C2CC2c2cccc(Cl)c2)cc1. The fourth-order valence-corrected chi connectivity index (χ4v) is 3.04. The van der Waals surface area contributed by atoms with E-state index < -0.39 is 0 Å². The molecule has 2 heteroatoms. The van der Waals surface area contributed by atoms with Crippen molar-refractivity contribution in [3.8, 4) is 0 Å². The van der Waals surface area contributed by atoms with Crippen LogP contribution >= 0.6 is 11.6 Å². The first-order valence-electron chi connectivity index (χ1n) is 7.46. The molecule has 0 heterocycles. The van der Waals surface area contributed by atoms with Crippen molar-refractivity contribution in [1.82, 2.24) is 0 Å². The number of carbonyl (C=O) groups excluding carboxylic acids is 1. The third-order valence-electron chi connectivity index (χ3n) is 4.27. The maximum Gasteiger partial charge on any atom is 0.166 e. The van der Waals surface area contributed by atoms with Gasteiger partial charge in [-0.1, -0.05) is 61.8 Å². The van der Waals surface area contributed by atoms with E-state index >= 15 is 0 Å². The van der Waals surface area contributed by atoms with E-state index in [2.05, 4.69) is 32.0 Å². The first-order chi connectivity index (χ1) is 10.1. The molecule has 2 unspecified atom stereocenters. The number of benzene rings is 2. The molecule has 0 aromatic heterocycles. The van der Waals surface area contributed by atoms with Crippen molar-refractivity contribution in [3.05, 3.63) is 70.2 Å². The van der Waals surface area contributed by atoms with Gasteiger partial charge in [0, 0.05) is 16.5 Å². The summed E-state index contributed by atoms with van der Waals surface area (Å²) in [5.74, 6) is 1.21. The van der Waals surface area contributed by atoms with Gasteiger partial charge in [0.2, 0.25) is 0 Å². The molecule has 3 rings (SSSR count). The van der Waals surface area contributed by atoms with E-state index in [1.165, 1.54) is 11.1 Å². The average molecular weight is 299 g/mol. The summed E-state index contributed by atoms with van der Waals surface area (Å²) < 4.78 is 0. The third kappa shape index (κ3) is 3.03. The first kappa shape index (κ1) is 14.3. The predicted octanol–water partition coefficient (Wildman–Crippen LogP) is 5.45. The van der Waals surface area contributed by atoms with Gasteiger partial charge < -0.3 is 0 Å². The van der Waals surface area contributed by atoms with Crippen molar-refractivity contribution in [1.29, 1.82) is 0 Å². The zero-order valence-corrected chi connectivity index (χ0v) is 13.1. The third-order valence-corrected chi connectivity index (χ3v) is 4.50. The molecule has 2 atom stereocenters. The Hall–Kier alpha value is -1.60. The maximum absolute atomic E-state index is 12.5. The number of rotatable bonds is 4. The molecule has 0 spiro atoms. The van der Waals surface area contributed by atoms with Crippen LogP contribution in [0.5, 0.6) is 0 Å². The topological polar surface area (TPSA) is 17.1 Å². The zero-order chi connectivity index (χ0) is 15.0. The molecule has 0 aliphatic heterocycles. The van der Waals surface area contributed by atoms with E-state index in [0.717, 1.165) is 17.0 Å². The van der Waals surface area contributed by atoms with Crippen LogP contribution in [-0.2, 0) is 0 Å². The summed E-state index contributed by atoms with van der Waals surface area (Å²) >= 11 is 6.02. The molecule has 1 nitrogen and oxygen atoms in total. The van der Waals surface area contributed by atoms with Gasteiger partial charge in [-0.25, -0.2) is 0 Å². The zero-order valence-electron chi connectivity index (χ0n) is 12.3. The summed E-state index contributed by atoms with van der Waals surface area (Å²) in [7, 11) is 0. The molecule has 0 saturated heterocycles. The summed E-state index contributed by atoms with van der Waals surface area (Å²) in [6, 6.07) is 15.9. The number of ketones is 1. The monoisotopic (exact) mass is 298 g/mol. The maximum atomic E-state index is 12.5. The van der Waals surface area contributed by atoms with E-state index in [1.54, 1.807) is 0 Å². The normalized spacial score (nSPS) is 20.6. The molecule has 0 bridgehead atoms. The molecule has 2 aromatic rings. The van der Waals surface area contributed by atoms with Crippen LogP contribution in [0, 0.1) is 5.92 Å². The Bertz CT molecular complexity index is 658. The lowest BCUT2D eigenvalue weighted by molar-refractivity contribution is 0.0965. The van der Waals surface area contributed by atoms with E-state index in [9.17, 15) is 4.79 Å². The van der Waals surface area contributed by atoms with Crippen LogP contribution in [-0.4, -0.2) is 5.78 Å². The molecule has 1 saturated carbocycles. The second-order valence-electron chi connectivity index (χ2n) is 6.14. The Morgan fingerprint density at radius 2 is 1.86 bits per heavy atom. The highest BCUT2D eigenvalue weighted by Crippen LogP contribution is 2.49. The number of hydrogen-bond acceptors (Lipinski definition) is 1. The highest BCUT2D eigenvalue weighted by atomic mass is 35.5. The highest BCUT2D eigenvalue weighted by Gasteiger charge is 2.43.